The molecule has 28 heavy (non-hydrogen) atoms. The zero-order valence-corrected chi connectivity index (χ0v) is 20.1. The van der Waals surface area contributed by atoms with Crippen molar-refractivity contribution in [2.45, 2.75) is 30.3 Å². The molecule has 0 radical (unpaired) electrons. The zero-order valence-electron chi connectivity index (χ0n) is 16.2. The van der Waals surface area contributed by atoms with E-state index >= 15 is 0 Å². The number of hydrogen-bond donors (Lipinski definition) is 0. The van der Waals surface area contributed by atoms with Crippen molar-refractivity contribution in [2.24, 2.45) is 0 Å². The van der Waals surface area contributed by atoms with Gasteiger partial charge in [0.15, 0.2) is 0 Å². The molecule has 0 aromatic heterocycles. The molecule has 0 heterocycles. The molecule has 1 aliphatic rings. The number of hydrogen-bond acceptors (Lipinski definition) is 0. The summed E-state index contributed by atoms with van der Waals surface area (Å²) in [5, 5.41) is 0. The summed E-state index contributed by atoms with van der Waals surface area (Å²) in [6.45, 7) is 4.44. The molecule has 0 bridgehead atoms. The molecule has 1 unspecified atom stereocenters. The summed E-state index contributed by atoms with van der Waals surface area (Å²) in [5.41, 5.74) is 10.6. The Morgan fingerprint density at radius 2 is 1.61 bits per heavy atom. The summed E-state index contributed by atoms with van der Waals surface area (Å²) in [4.78, 5) is 0. The van der Waals surface area contributed by atoms with Crippen LogP contribution in [0.1, 0.15) is 44.8 Å². The van der Waals surface area contributed by atoms with Crippen LogP contribution in [-0.2, 0) is 25.8 Å². The second-order valence-electron chi connectivity index (χ2n) is 7.36. The first-order valence-electron chi connectivity index (χ1n) is 9.78. The number of allylic oxidation sites excluding steroid dienone is 1. The molecule has 0 aliphatic heterocycles. The molecule has 0 amide bonds. The Morgan fingerprint density at radius 3 is 2.29 bits per heavy atom. The first-order valence-corrected chi connectivity index (χ1v) is 17.5. The fourth-order valence-electron chi connectivity index (χ4n) is 4.26. The fraction of sp³-hybridized carbons (Fsp3) is 0.200. The Hall–Kier alpha value is -1.14. The topological polar surface area (TPSA) is 0 Å². The van der Waals surface area contributed by atoms with Crippen molar-refractivity contribution in [3.8, 4) is 11.1 Å². The Balaban J connectivity index is 1.99. The van der Waals surface area contributed by atoms with Crippen LogP contribution in [0.2, 0.25) is 0 Å². The van der Waals surface area contributed by atoms with E-state index in [0.717, 1.165) is 12.8 Å². The zero-order chi connectivity index (χ0) is 19.7. The molecule has 1 aliphatic carbocycles. The quantitative estimate of drug-likeness (QED) is 0.342. The van der Waals surface area contributed by atoms with Gasteiger partial charge < -0.3 is 0 Å². The van der Waals surface area contributed by atoms with E-state index in [0.29, 0.717) is 0 Å². The summed E-state index contributed by atoms with van der Waals surface area (Å²) in [6.07, 6.45) is 4.56. The van der Waals surface area contributed by atoms with E-state index < -0.39 is 19.4 Å². The summed E-state index contributed by atoms with van der Waals surface area (Å²) < 4.78 is 0.182. The van der Waals surface area contributed by atoms with E-state index in [9.17, 15) is 0 Å². The van der Waals surface area contributed by atoms with Crippen LogP contribution in [0.15, 0.2) is 66.7 Å². The van der Waals surface area contributed by atoms with Gasteiger partial charge in [-0.25, -0.2) is 0 Å². The molecule has 3 heteroatoms. The normalized spacial score (nSPS) is 15.3. The number of halogens is 2. The molecule has 0 saturated heterocycles. The number of rotatable bonds is 5. The SMILES string of the molecule is CCCc1ccc2c(c1-c1ccccc1C)C=C(c1ccccc1)[CH]2[Zr]([Cl])[Cl]. The van der Waals surface area contributed by atoms with Gasteiger partial charge in [-0.1, -0.05) is 0 Å². The first kappa shape index (κ1) is 20.1. The van der Waals surface area contributed by atoms with Gasteiger partial charge in [0.25, 0.3) is 0 Å². The minimum absolute atomic E-state index is 0.182. The molecular weight excluding hydrogens is 462 g/mol. The van der Waals surface area contributed by atoms with Crippen molar-refractivity contribution in [3.63, 3.8) is 0 Å². The predicted octanol–water partition coefficient (Wildman–Crippen LogP) is 8.14. The van der Waals surface area contributed by atoms with Crippen LogP contribution < -0.4 is 0 Å². The third-order valence-electron chi connectivity index (χ3n) is 5.55. The number of fused-ring (bicyclic) bond motifs is 1. The molecule has 3 aromatic rings. The van der Waals surface area contributed by atoms with Crippen molar-refractivity contribution < 1.29 is 19.4 Å². The molecule has 1 atom stereocenters. The third-order valence-corrected chi connectivity index (χ3v) is 10.7. The standard InChI is InChI=1S/C25H23.2ClH.Zr/c1-3-9-20-14-15-21-16-22(19-11-5-4-6-12-19)17-24(21)25(20)23-13-8-7-10-18(23)2;;;/h4-8,10-17H,3,9H2,1-2H3;2*1H;/q;;;+2/p-2. The second-order valence-corrected chi connectivity index (χ2v) is 16.2. The van der Waals surface area contributed by atoms with E-state index in [2.05, 4.69) is 86.7 Å². The predicted molar refractivity (Wildman–Crippen MR) is 119 cm³/mol. The molecule has 0 fully saturated rings. The maximum atomic E-state index is 6.71. The molecule has 0 spiro atoms. The number of aryl methyl sites for hydroxylation is 2. The van der Waals surface area contributed by atoms with Crippen LogP contribution in [0, 0.1) is 6.92 Å². The maximum absolute atomic E-state index is 6.71. The van der Waals surface area contributed by atoms with E-state index in [1.54, 1.807) is 0 Å². The molecule has 4 rings (SSSR count). The number of benzene rings is 3. The summed E-state index contributed by atoms with van der Waals surface area (Å²) >= 11 is -2.59. The molecule has 3 aromatic carbocycles. The Labute approximate surface area is 183 Å². The monoisotopic (exact) mass is 483 g/mol. The average Bonchev–Trinajstić information content (AvgIpc) is 3.09. The van der Waals surface area contributed by atoms with Crippen LogP contribution >= 0.6 is 17.0 Å². The Kier molecular flexibility index (Phi) is 6.26. The van der Waals surface area contributed by atoms with E-state index in [-0.39, 0.29) is 3.63 Å². The van der Waals surface area contributed by atoms with Gasteiger partial charge in [-0.2, -0.15) is 0 Å². The summed E-state index contributed by atoms with van der Waals surface area (Å²) in [7, 11) is 13.4. The van der Waals surface area contributed by atoms with Crippen LogP contribution in [0.5, 0.6) is 0 Å². The van der Waals surface area contributed by atoms with E-state index in [1.165, 1.54) is 44.5 Å². The Bertz CT molecular complexity index is 1020. The van der Waals surface area contributed by atoms with Crippen molar-refractivity contribution in [1.29, 1.82) is 0 Å². The van der Waals surface area contributed by atoms with Gasteiger partial charge in [0.05, 0.1) is 0 Å². The minimum atomic E-state index is -2.59. The van der Waals surface area contributed by atoms with Gasteiger partial charge in [-0.05, 0) is 0 Å². The second kappa shape index (κ2) is 8.70. The van der Waals surface area contributed by atoms with E-state index in [1.807, 2.05) is 0 Å². The summed E-state index contributed by atoms with van der Waals surface area (Å²) in [5.74, 6) is 0. The molecule has 0 N–H and O–H groups in total. The Morgan fingerprint density at radius 1 is 0.893 bits per heavy atom. The van der Waals surface area contributed by atoms with Gasteiger partial charge >= 0.3 is 184 Å². The molecule has 141 valence electrons. The van der Waals surface area contributed by atoms with Crippen LogP contribution in [-0.4, -0.2) is 0 Å². The van der Waals surface area contributed by atoms with Crippen molar-refractivity contribution >= 4 is 28.7 Å². The van der Waals surface area contributed by atoms with Gasteiger partial charge in [-0.3, -0.25) is 0 Å². The average molecular weight is 486 g/mol. The van der Waals surface area contributed by atoms with Crippen LogP contribution in [0.25, 0.3) is 22.8 Å². The molecular formula is C25H23Cl2Zr. The molecule has 0 nitrogen and oxygen atoms in total. The van der Waals surface area contributed by atoms with E-state index in [4.69, 9.17) is 17.0 Å². The van der Waals surface area contributed by atoms with Gasteiger partial charge in [-0.15, -0.1) is 0 Å². The van der Waals surface area contributed by atoms with Crippen LogP contribution in [0.4, 0.5) is 0 Å². The third kappa shape index (κ3) is 3.70. The summed E-state index contributed by atoms with van der Waals surface area (Å²) in [6, 6.07) is 23.9. The van der Waals surface area contributed by atoms with Crippen LogP contribution in [0.3, 0.4) is 0 Å². The van der Waals surface area contributed by atoms with Gasteiger partial charge in [0.1, 0.15) is 0 Å². The van der Waals surface area contributed by atoms with Gasteiger partial charge in [0, 0.05) is 0 Å². The fourth-order valence-corrected chi connectivity index (χ4v) is 9.43. The van der Waals surface area contributed by atoms with Crippen molar-refractivity contribution in [2.75, 3.05) is 0 Å². The van der Waals surface area contributed by atoms with Crippen molar-refractivity contribution in [3.05, 3.63) is 94.5 Å². The van der Waals surface area contributed by atoms with Gasteiger partial charge in [0.2, 0.25) is 0 Å². The molecule has 0 saturated carbocycles. The van der Waals surface area contributed by atoms with Crippen molar-refractivity contribution in [1.82, 2.24) is 0 Å². The first-order chi connectivity index (χ1) is 13.6.